The van der Waals surface area contributed by atoms with Gasteiger partial charge in [0.25, 0.3) is 0 Å². The minimum Gasteiger partial charge on any atom is -0.467 e. The zero-order valence-corrected chi connectivity index (χ0v) is 80.9. The lowest BCUT2D eigenvalue weighted by Gasteiger charge is -2.18. The smallest absolute Gasteiger partial charge is 0.166 e. The number of furan rings is 1. The number of benzene rings is 1. The number of aryl methyl sites for hydroxylation is 15. The molecular weight excluding hydrogens is 1710 g/mol. The van der Waals surface area contributed by atoms with Gasteiger partial charge in [-0.3, -0.25) is 28.7 Å². The van der Waals surface area contributed by atoms with Crippen molar-refractivity contribution in [1.82, 2.24) is 84.6 Å². The van der Waals surface area contributed by atoms with E-state index in [0.717, 1.165) is 141 Å². The lowest BCUT2D eigenvalue weighted by atomic mass is 9.97. The van der Waals surface area contributed by atoms with Gasteiger partial charge in [-0.05, 0) is 224 Å². The van der Waals surface area contributed by atoms with Crippen molar-refractivity contribution in [2.75, 3.05) is 27.8 Å². The van der Waals surface area contributed by atoms with Gasteiger partial charge in [-0.15, -0.1) is 79.4 Å². The first-order valence-electron chi connectivity index (χ1n) is 42.4. The quantitative estimate of drug-likeness (QED) is 0.0557. The Morgan fingerprint density at radius 2 is 0.890 bits per heavy atom. The molecule has 20 heterocycles. The highest BCUT2D eigenvalue weighted by molar-refractivity contribution is 7.27. The molecule has 22 rings (SSSR count). The van der Waals surface area contributed by atoms with Crippen LogP contribution in [-0.2, 0) is 67.3 Å². The average molecular weight is 1820 g/mol. The molecule has 1 aliphatic heterocycles. The fourth-order valence-electron chi connectivity index (χ4n) is 16.4. The first-order chi connectivity index (χ1) is 61.0. The maximum atomic E-state index is 5.35. The first kappa shape index (κ1) is 87.2. The van der Waals surface area contributed by atoms with E-state index in [4.69, 9.17) is 19.4 Å². The Balaban J connectivity index is 0.000000107. The zero-order chi connectivity index (χ0) is 89.0. The molecule has 20 aromatic rings. The van der Waals surface area contributed by atoms with Gasteiger partial charge in [-0.25, -0.2) is 29.9 Å². The van der Waals surface area contributed by atoms with E-state index in [2.05, 4.69) is 246 Å². The molecule has 650 valence electrons. The largest absolute Gasteiger partial charge is 0.467 e. The fourth-order valence-corrected chi connectivity index (χ4v) is 24.7. The number of hydrogen-bond donors (Lipinski definition) is 6. The SMILES string of the molecule is Cc1cc(C)c2c(n1)sc1c(NC(C)C)nn(C)c12.Cc1cc(C)c2c(n1)sc1c(NCC(C)(C)C)nn(C)c12.Cc1cc(C)c2c3c(sc2n1)C(NCc1cccs1)=CC3.Cc1ccc(CNC2=NCc3c2sc2nc(C)cc(C)c32)cc1.Cc1ccnc2sc3c(NCc4ccco4)nn(C)c3c12.Cc1ccnc2sc3c(NCc4ccncc4)nn(C)c3c12. The van der Waals surface area contributed by atoms with E-state index in [9.17, 15) is 0 Å². The van der Waals surface area contributed by atoms with Crippen LogP contribution in [0.2, 0.25) is 0 Å². The predicted molar refractivity (Wildman–Crippen MR) is 538 cm³/mol. The maximum Gasteiger partial charge on any atom is 0.166 e. The summed E-state index contributed by atoms with van der Waals surface area (Å²) in [6.07, 6.45) is 12.3. The molecule has 0 amide bonds. The summed E-state index contributed by atoms with van der Waals surface area (Å²) >= 11 is 12.2. The van der Waals surface area contributed by atoms with Crippen molar-refractivity contribution in [3.8, 4) is 0 Å². The number of aromatic nitrogens is 15. The number of thiophene rings is 7. The summed E-state index contributed by atoms with van der Waals surface area (Å²) in [5, 5.41) is 48.9. The molecule has 0 saturated heterocycles. The van der Waals surface area contributed by atoms with Crippen LogP contribution in [0.25, 0.3) is 108 Å². The van der Waals surface area contributed by atoms with Gasteiger partial charge in [0.15, 0.2) is 23.3 Å². The highest BCUT2D eigenvalue weighted by atomic mass is 32.1. The Labute approximate surface area is 765 Å². The molecule has 1 aliphatic carbocycles. The second kappa shape index (κ2) is 36.5. The molecule has 0 atom stereocenters. The third-order valence-electron chi connectivity index (χ3n) is 22.2. The van der Waals surface area contributed by atoms with Gasteiger partial charge < -0.3 is 36.3 Å². The molecular formula is C97H104N22OS7. The van der Waals surface area contributed by atoms with Gasteiger partial charge in [-0.2, -0.15) is 20.4 Å². The van der Waals surface area contributed by atoms with E-state index in [1.165, 1.54) is 139 Å². The van der Waals surface area contributed by atoms with Gasteiger partial charge in [-0.1, -0.05) is 62.7 Å². The van der Waals surface area contributed by atoms with E-state index in [0.29, 0.717) is 12.6 Å². The number of fused-ring (bicyclic) bond motifs is 18. The molecule has 0 radical (unpaired) electrons. The van der Waals surface area contributed by atoms with E-state index in [1.54, 1.807) is 86.7 Å². The number of nitrogens with zero attached hydrogens (tertiary/aromatic N) is 16. The zero-order valence-electron chi connectivity index (χ0n) is 75.2. The van der Waals surface area contributed by atoms with Gasteiger partial charge in [0.05, 0.1) is 70.0 Å². The Morgan fingerprint density at radius 1 is 0.433 bits per heavy atom. The Bertz CT molecular complexity index is 7520. The van der Waals surface area contributed by atoms with Crippen LogP contribution in [0.3, 0.4) is 0 Å². The third-order valence-corrected chi connectivity index (χ3v) is 29.7. The monoisotopic (exact) mass is 1820 g/mol. The van der Waals surface area contributed by atoms with Crippen molar-refractivity contribution in [2.24, 2.45) is 38.6 Å². The summed E-state index contributed by atoms with van der Waals surface area (Å²) in [7, 11) is 7.97. The van der Waals surface area contributed by atoms with Crippen LogP contribution in [0.5, 0.6) is 0 Å². The van der Waals surface area contributed by atoms with E-state index >= 15 is 0 Å². The van der Waals surface area contributed by atoms with E-state index in [-0.39, 0.29) is 5.41 Å². The van der Waals surface area contributed by atoms with Crippen molar-refractivity contribution in [1.29, 1.82) is 0 Å². The van der Waals surface area contributed by atoms with Crippen molar-refractivity contribution >= 4 is 216 Å². The van der Waals surface area contributed by atoms with E-state index in [1.807, 2.05) is 121 Å². The highest BCUT2D eigenvalue weighted by Crippen LogP contribution is 2.45. The Morgan fingerprint density at radius 3 is 1.39 bits per heavy atom. The minimum absolute atomic E-state index is 0.227. The topological polar surface area (TPSA) is 259 Å². The summed E-state index contributed by atoms with van der Waals surface area (Å²) in [6.45, 7) is 38.9. The van der Waals surface area contributed by atoms with Crippen molar-refractivity contribution < 1.29 is 4.42 Å². The molecule has 0 bridgehead atoms. The van der Waals surface area contributed by atoms with Crippen molar-refractivity contribution in [2.45, 2.75) is 156 Å². The maximum absolute atomic E-state index is 5.35. The summed E-state index contributed by atoms with van der Waals surface area (Å²) < 4.78 is 17.9. The van der Waals surface area contributed by atoms with Crippen molar-refractivity contribution in [3.63, 3.8) is 0 Å². The minimum atomic E-state index is 0.227. The van der Waals surface area contributed by atoms with Gasteiger partial charge >= 0.3 is 0 Å². The number of rotatable bonds is 15. The second-order valence-corrected chi connectivity index (χ2v) is 41.1. The molecule has 127 heavy (non-hydrogen) atoms. The number of allylic oxidation sites excluding steroid dienone is 1. The van der Waals surface area contributed by atoms with Crippen LogP contribution in [0, 0.1) is 81.6 Å². The van der Waals surface area contributed by atoms with Crippen LogP contribution in [0.15, 0.2) is 149 Å². The summed E-state index contributed by atoms with van der Waals surface area (Å²) in [5.74, 6) is 5.64. The van der Waals surface area contributed by atoms with Gasteiger partial charge in [0, 0.05) is 156 Å². The van der Waals surface area contributed by atoms with Crippen LogP contribution >= 0.6 is 79.4 Å². The lowest BCUT2D eigenvalue weighted by molar-refractivity contribution is 0.442. The summed E-state index contributed by atoms with van der Waals surface area (Å²) in [6, 6.07) is 33.8. The molecule has 19 aromatic heterocycles. The van der Waals surface area contributed by atoms with Crippen LogP contribution in [0.1, 0.15) is 139 Å². The number of aliphatic imine (C=N–C) groups is 1. The first-order valence-corrected chi connectivity index (χ1v) is 48.2. The summed E-state index contributed by atoms with van der Waals surface area (Å²) in [5.41, 5.74) is 24.7. The molecule has 1 aromatic carbocycles. The fraction of sp³-hybridized carbons (Fsp3) is 0.299. The highest BCUT2D eigenvalue weighted by Gasteiger charge is 2.28. The van der Waals surface area contributed by atoms with Crippen LogP contribution in [-0.4, -0.2) is 92.4 Å². The number of anilines is 4. The standard InChI is InChI=1S/C19H19N3S.C17H16N2S2.C16H15N5S.C16H22N4S.C15H14N4OS.C14H18N4S/c1-11-4-6-14(7-5-11)9-20-18-17-15(10-21-18)16-12(2)8-13(3)22-19(16)23-17;1-10-8-11(2)19-17-15(10)13-5-6-14(16(13)21-17)18-9-12-4-3-7-20-12;1-10-3-8-18-16-12(10)13-14(22-16)15(20-21(13)2)19-9-11-4-6-17-7-5-11;1-9-7-10(2)18-15-11(9)12-13(21-15)14(19-20(12)6)17-8-16(3,4)5;1-9-5-6-16-15-11(9)12-13(21-15)14(18-19(12)2)17-8-10-4-3-7-20-10;1-7(2)15-13-12-11(18(5)17-13)10-8(3)6-9(4)16-14(10)19-12/h4-8H,9-10H2,1-3H3,(H,20,21);3-4,6-8,18H,5,9H2,1-2H3;3-8H,9H2,1-2H3,(H,19,20);7H,8H2,1-6H3,(H,17,19);3-7H,8H2,1-2H3,(H,17,18);6-7H,1-5H3,(H,15,17). The molecule has 0 unspecified atom stereocenters. The Kier molecular flexibility index (Phi) is 25.0. The average Bonchev–Trinajstić information content (AvgIpc) is 1.60. The molecule has 23 nitrogen and oxygen atoms in total. The normalized spacial score (nSPS) is 12.4. The number of hydrogen-bond acceptors (Lipinski definition) is 26. The third kappa shape index (κ3) is 18.3. The van der Waals surface area contributed by atoms with Crippen molar-refractivity contribution in [3.05, 3.63) is 244 Å². The summed E-state index contributed by atoms with van der Waals surface area (Å²) in [4.78, 5) is 47.1. The van der Waals surface area contributed by atoms with Crippen LogP contribution in [0.4, 0.5) is 23.3 Å². The number of nitrogens with one attached hydrogen (secondary N) is 6. The molecule has 2 aliphatic rings. The van der Waals surface area contributed by atoms with Gasteiger partial charge in [0.2, 0.25) is 0 Å². The Hall–Kier alpha value is -11.9. The van der Waals surface area contributed by atoms with Crippen LogP contribution < -0.4 is 31.9 Å². The molecule has 0 saturated carbocycles. The van der Waals surface area contributed by atoms with E-state index < -0.39 is 0 Å². The lowest BCUT2D eigenvalue weighted by Crippen LogP contribution is -2.21. The molecule has 30 heteroatoms. The van der Waals surface area contributed by atoms with Gasteiger partial charge in [0.1, 0.15) is 40.6 Å². The molecule has 0 fully saturated rings. The predicted octanol–water partition coefficient (Wildman–Crippen LogP) is 24.0. The number of pyridine rings is 7. The number of amidine groups is 1. The molecule has 0 spiro atoms. The second-order valence-electron chi connectivity index (χ2n) is 34.1. The molecule has 6 N–H and O–H groups in total.